The van der Waals surface area contributed by atoms with Gasteiger partial charge in [0.05, 0.1) is 12.0 Å². The Bertz CT molecular complexity index is 676. The SMILES string of the molecule is CCc1cc(C(=O)O)c(NC(=O)Cc2cccc(C)c2)s1. The third-order valence-corrected chi connectivity index (χ3v) is 4.26. The molecule has 0 aliphatic rings. The first-order valence-corrected chi connectivity index (χ1v) is 7.52. The van der Waals surface area contributed by atoms with E-state index < -0.39 is 5.97 Å². The molecule has 1 aromatic carbocycles. The van der Waals surface area contributed by atoms with Crippen molar-refractivity contribution < 1.29 is 14.7 Å². The molecule has 0 fully saturated rings. The lowest BCUT2D eigenvalue weighted by Crippen LogP contribution is -2.15. The molecule has 110 valence electrons. The van der Waals surface area contributed by atoms with E-state index in [4.69, 9.17) is 5.11 Å². The second kappa shape index (κ2) is 6.54. The summed E-state index contributed by atoms with van der Waals surface area (Å²) in [7, 11) is 0. The number of hydrogen-bond donors (Lipinski definition) is 2. The molecule has 2 aromatic rings. The number of carboxylic acid groups (broad SMARTS) is 1. The van der Waals surface area contributed by atoms with Gasteiger partial charge in [-0.1, -0.05) is 36.8 Å². The van der Waals surface area contributed by atoms with Crippen LogP contribution in [0, 0.1) is 6.92 Å². The van der Waals surface area contributed by atoms with Gasteiger partial charge in [0.25, 0.3) is 0 Å². The number of aromatic carboxylic acids is 1. The normalized spacial score (nSPS) is 10.4. The molecule has 0 atom stereocenters. The van der Waals surface area contributed by atoms with Crippen LogP contribution in [-0.4, -0.2) is 17.0 Å². The third kappa shape index (κ3) is 3.92. The molecule has 0 radical (unpaired) electrons. The van der Waals surface area contributed by atoms with Crippen LogP contribution in [0.15, 0.2) is 30.3 Å². The van der Waals surface area contributed by atoms with Gasteiger partial charge in [-0.05, 0) is 25.0 Å². The predicted octanol–water partition coefficient (Wildman–Crippen LogP) is 3.50. The fourth-order valence-corrected chi connectivity index (χ4v) is 3.05. The second-order valence-electron chi connectivity index (χ2n) is 4.83. The summed E-state index contributed by atoms with van der Waals surface area (Å²) in [5, 5.41) is 12.3. The fraction of sp³-hybridized carbons (Fsp3) is 0.250. The van der Waals surface area contributed by atoms with E-state index in [2.05, 4.69) is 5.32 Å². The monoisotopic (exact) mass is 303 g/mol. The number of hydrogen-bond acceptors (Lipinski definition) is 3. The van der Waals surface area contributed by atoms with Gasteiger partial charge >= 0.3 is 5.97 Å². The van der Waals surface area contributed by atoms with Crippen LogP contribution in [-0.2, 0) is 17.6 Å². The highest BCUT2D eigenvalue weighted by Gasteiger charge is 2.16. The average molecular weight is 303 g/mol. The first kappa shape index (κ1) is 15.3. The van der Waals surface area contributed by atoms with Crippen LogP contribution in [0.5, 0.6) is 0 Å². The molecule has 5 heteroatoms. The Morgan fingerprint density at radius 3 is 2.67 bits per heavy atom. The zero-order valence-corrected chi connectivity index (χ0v) is 12.8. The van der Waals surface area contributed by atoms with Crippen LogP contribution in [0.3, 0.4) is 0 Å². The number of anilines is 1. The highest BCUT2D eigenvalue weighted by Crippen LogP contribution is 2.28. The van der Waals surface area contributed by atoms with E-state index >= 15 is 0 Å². The summed E-state index contributed by atoms with van der Waals surface area (Å²) >= 11 is 1.32. The summed E-state index contributed by atoms with van der Waals surface area (Å²) in [4.78, 5) is 24.2. The Morgan fingerprint density at radius 2 is 2.05 bits per heavy atom. The van der Waals surface area contributed by atoms with Crippen LogP contribution in [0.2, 0.25) is 0 Å². The van der Waals surface area contributed by atoms with Crippen molar-refractivity contribution in [2.45, 2.75) is 26.7 Å². The van der Waals surface area contributed by atoms with Crippen molar-refractivity contribution in [3.63, 3.8) is 0 Å². The van der Waals surface area contributed by atoms with Crippen molar-refractivity contribution in [1.29, 1.82) is 0 Å². The van der Waals surface area contributed by atoms with E-state index in [1.54, 1.807) is 6.07 Å². The summed E-state index contributed by atoms with van der Waals surface area (Å²) in [5.74, 6) is -1.22. The molecular formula is C16H17NO3S. The molecule has 1 heterocycles. The summed E-state index contributed by atoms with van der Waals surface area (Å²) in [6, 6.07) is 9.33. The minimum atomic E-state index is -1.02. The fourth-order valence-electron chi connectivity index (χ4n) is 2.05. The molecule has 0 aliphatic heterocycles. The lowest BCUT2D eigenvalue weighted by atomic mass is 10.1. The largest absolute Gasteiger partial charge is 0.478 e. The molecule has 4 nitrogen and oxygen atoms in total. The Kier molecular flexibility index (Phi) is 4.75. The number of benzene rings is 1. The average Bonchev–Trinajstić information content (AvgIpc) is 2.81. The van der Waals surface area contributed by atoms with E-state index in [9.17, 15) is 9.59 Å². The summed E-state index contributed by atoms with van der Waals surface area (Å²) in [6.07, 6.45) is 0.985. The van der Waals surface area contributed by atoms with Gasteiger partial charge in [0, 0.05) is 4.88 Å². The minimum absolute atomic E-state index is 0.162. The van der Waals surface area contributed by atoms with E-state index in [0.717, 1.165) is 22.4 Å². The standard InChI is InChI=1S/C16H17NO3S/c1-3-12-9-13(16(19)20)15(21-12)17-14(18)8-11-6-4-5-10(2)7-11/h4-7,9H,3,8H2,1-2H3,(H,17,18)(H,19,20). The maximum absolute atomic E-state index is 12.1. The van der Waals surface area contributed by atoms with Gasteiger partial charge in [0.1, 0.15) is 5.00 Å². The van der Waals surface area contributed by atoms with Crippen LogP contribution in [0.25, 0.3) is 0 Å². The maximum Gasteiger partial charge on any atom is 0.338 e. The highest BCUT2D eigenvalue weighted by molar-refractivity contribution is 7.16. The van der Waals surface area contributed by atoms with E-state index in [1.165, 1.54) is 11.3 Å². The first-order chi connectivity index (χ1) is 9.99. The zero-order chi connectivity index (χ0) is 15.4. The minimum Gasteiger partial charge on any atom is -0.478 e. The van der Waals surface area contributed by atoms with Crippen molar-refractivity contribution >= 4 is 28.2 Å². The molecule has 0 unspecified atom stereocenters. The molecule has 1 amide bonds. The number of nitrogens with one attached hydrogen (secondary N) is 1. The van der Waals surface area contributed by atoms with Crippen molar-refractivity contribution in [3.05, 3.63) is 51.9 Å². The van der Waals surface area contributed by atoms with Crippen LogP contribution in [0.4, 0.5) is 5.00 Å². The molecule has 1 aromatic heterocycles. The number of thiophene rings is 1. The molecule has 0 saturated heterocycles. The number of carboxylic acids is 1. The van der Waals surface area contributed by atoms with Crippen molar-refractivity contribution in [1.82, 2.24) is 0 Å². The quantitative estimate of drug-likeness (QED) is 0.888. The predicted molar refractivity (Wildman–Crippen MR) is 84.2 cm³/mol. The molecule has 0 aliphatic carbocycles. The Morgan fingerprint density at radius 1 is 1.29 bits per heavy atom. The smallest absolute Gasteiger partial charge is 0.338 e. The number of rotatable bonds is 5. The van der Waals surface area contributed by atoms with Crippen LogP contribution < -0.4 is 5.32 Å². The van der Waals surface area contributed by atoms with E-state index in [0.29, 0.717) is 5.00 Å². The molecule has 21 heavy (non-hydrogen) atoms. The molecular weight excluding hydrogens is 286 g/mol. The van der Waals surface area contributed by atoms with Gasteiger partial charge in [-0.2, -0.15) is 0 Å². The molecule has 0 bridgehead atoms. The van der Waals surface area contributed by atoms with Crippen molar-refractivity contribution in [2.24, 2.45) is 0 Å². The van der Waals surface area contributed by atoms with Crippen LogP contribution in [0.1, 0.15) is 33.3 Å². The molecule has 0 spiro atoms. The molecule has 2 rings (SSSR count). The highest BCUT2D eigenvalue weighted by atomic mass is 32.1. The van der Waals surface area contributed by atoms with Gasteiger partial charge in [0.15, 0.2) is 0 Å². The lowest BCUT2D eigenvalue weighted by molar-refractivity contribution is -0.115. The summed E-state index contributed by atoms with van der Waals surface area (Å²) in [6.45, 7) is 3.92. The van der Waals surface area contributed by atoms with E-state index in [-0.39, 0.29) is 17.9 Å². The van der Waals surface area contributed by atoms with Gasteiger partial charge < -0.3 is 10.4 Å². The van der Waals surface area contributed by atoms with Crippen molar-refractivity contribution in [3.8, 4) is 0 Å². The Labute approximate surface area is 127 Å². The van der Waals surface area contributed by atoms with Crippen LogP contribution >= 0.6 is 11.3 Å². The first-order valence-electron chi connectivity index (χ1n) is 6.71. The second-order valence-corrected chi connectivity index (χ2v) is 5.96. The van der Waals surface area contributed by atoms with Gasteiger partial charge in [0.2, 0.25) is 5.91 Å². The number of carbonyl (C=O) groups excluding carboxylic acids is 1. The Balaban J connectivity index is 2.12. The van der Waals surface area contributed by atoms with Gasteiger partial charge in [-0.3, -0.25) is 4.79 Å². The van der Waals surface area contributed by atoms with Gasteiger partial charge in [-0.15, -0.1) is 11.3 Å². The topological polar surface area (TPSA) is 66.4 Å². The Hall–Kier alpha value is -2.14. The zero-order valence-electron chi connectivity index (χ0n) is 12.0. The summed E-state index contributed by atoms with van der Waals surface area (Å²) in [5.41, 5.74) is 2.17. The number of amides is 1. The number of aryl methyl sites for hydroxylation is 2. The van der Waals surface area contributed by atoms with E-state index in [1.807, 2.05) is 38.1 Å². The number of carbonyl (C=O) groups is 2. The van der Waals surface area contributed by atoms with Gasteiger partial charge in [-0.25, -0.2) is 4.79 Å². The molecule has 0 saturated carbocycles. The third-order valence-electron chi connectivity index (χ3n) is 3.06. The molecule has 2 N–H and O–H groups in total. The lowest BCUT2D eigenvalue weighted by Gasteiger charge is -2.05. The summed E-state index contributed by atoms with van der Waals surface area (Å²) < 4.78 is 0. The van der Waals surface area contributed by atoms with Crippen molar-refractivity contribution in [2.75, 3.05) is 5.32 Å². The maximum atomic E-state index is 12.1.